The van der Waals surface area contributed by atoms with Crippen LogP contribution in [-0.4, -0.2) is 4.99 Å². The lowest BCUT2D eigenvalue weighted by atomic mass is 10.1. The second-order valence-electron chi connectivity index (χ2n) is 4.56. The van der Waals surface area contributed by atoms with Gasteiger partial charge in [0, 0.05) is 11.8 Å². The van der Waals surface area contributed by atoms with E-state index < -0.39 is 0 Å². The first-order chi connectivity index (χ1) is 10.6. The van der Waals surface area contributed by atoms with Crippen molar-refractivity contribution in [1.82, 2.24) is 0 Å². The molecule has 0 atom stereocenters. The molecule has 0 amide bonds. The number of nitrogens with one attached hydrogen (secondary N) is 1. The Kier molecular flexibility index (Phi) is 4.16. The maximum absolute atomic E-state index is 12.5. The highest BCUT2D eigenvalue weighted by molar-refractivity contribution is 7.81. The third-order valence-electron chi connectivity index (χ3n) is 3.09. The molecule has 0 saturated carbocycles. The van der Waals surface area contributed by atoms with Crippen molar-refractivity contribution in [1.29, 1.82) is 0 Å². The fourth-order valence-corrected chi connectivity index (χ4v) is 2.58. The van der Waals surface area contributed by atoms with E-state index in [0.29, 0.717) is 21.0 Å². The highest BCUT2D eigenvalue weighted by Crippen LogP contribution is 2.26. The van der Waals surface area contributed by atoms with Gasteiger partial charge in [-0.2, -0.15) is 0 Å². The first kappa shape index (κ1) is 15.0. The van der Waals surface area contributed by atoms with Gasteiger partial charge in [0.1, 0.15) is 16.8 Å². The van der Waals surface area contributed by atoms with Gasteiger partial charge >= 0.3 is 0 Å². The summed E-state index contributed by atoms with van der Waals surface area (Å²) >= 11 is 17.2. The number of anilines is 1. The van der Waals surface area contributed by atoms with Crippen molar-refractivity contribution in [3.05, 3.63) is 74.6 Å². The smallest absolute Gasteiger partial charge is 0.202 e. The lowest BCUT2D eigenvalue weighted by molar-refractivity contribution is 0.601. The van der Waals surface area contributed by atoms with Gasteiger partial charge in [-0.15, -0.1) is 0 Å². The van der Waals surface area contributed by atoms with Gasteiger partial charge in [-0.25, -0.2) is 0 Å². The summed E-state index contributed by atoms with van der Waals surface area (Å²) in [4.78, 5) is 12.8. The topological polar surface area (TPSA) is 42.2 Å². The quantitative estimate of drug-likeness (QED) is 0.669. The van der Waals surface area contributed by atoms with Crippen LogP contribution in [0.4, 0.5) is 5.69 Å². The number of hydrogen-bond acceptors (Lipinski definition) is 3. The van der Waals surface area contributed by atoms with Gasteiger partial charge in [0.2, 0.25) is 5.43 Å². The Labute approximate surface area is 141 Å². The molecule has 3 nitrogen and oxygen atoms in total. The predicted molar refractivity (Wildman–Crippen MR) is 94.3 cm³/mol. The minimum atomic E-state index is -0.256. The SMILES string of the molecule is O=c1c(C(=S)Nc2ccccc2)coc2cc(Cl)c(Cl)cc12. The molecule has 0 spiro atoms. The molecule has 3 rings (SSSR count). The predicted octanol–water partition coefficient (Wildman–Crippen LogP) is 4.89. The Morgan fingerprint density at radius 3 is 2.50 bits per heavy atom. The summed E-state index contributed by atoms with van der Waals surface area (Å²) in [7, 11) is 0. The van der Waals surface area contributed by atoms with Gasteiger partial charge in [0.05, 0.1) is 21.0 Å². The first-order valence-electron chi connectivity index (χ1n) is 6.33. The molecule has 1 heterocycles. The Hall–Kier alpha value is -1.88. The lowest BCUT2D eigenvalue weighted by Crippen LogP contribution is -2.20. The molecule has 1 aromatic heterocycles. The first-order valence-corrected chi connectivity index (χ1v) is 7.49. The minimum Gasteiger partial charge on any atom is -0.463 e. The molecule has 0 bridgehead atoms. The van der Waals surface area contributed by atoms with Crippen molar-refractivity contribution in [3.63, 3.8) is 0 Å². The molecular weight excluding hydrogens is 341 g/mol. The Morgan fingerprint density at radius 1 is 1.09 bits per heavy atom. The van der Waals surface area contributed by atoms with Crippen LogP contribution in [0.15, 0.2) is 57.9 Å². The van der Waals surface area contributed by atoms with Gasteiger partial charge in [-0.3, -0.25) is 4.79 Å². The molecule has 2 aromatic carbocycles. The number of thiocarbonyl (C=S) groups is 1. The van der Waals surface area contributed by atoms with Crippen LogP contribution in [0.2, 0.25) is 10.0 Å². The molecule has 110 valence electrons. The lowest BCUT2D eigenvalue weighted by Gasteiger charge is -2.08. The summed E-state index contributed by atoms with van der Waals surface area (Å²) in [5, 5.41) is 3.96. The minimum absolute atomic E-state index is 0.256. The summed E-state index contributed by atoms with van der Waals surface area (Å²) in [5.41, 5.74) is 1.17. The molecule has 3 aromatic rings. The van der Waals surface area contributed by atoms with Crippen molar-refractivity contribution in [3.8, 4) is 0 Å². The van der Waals surface area contributed by atoms with Crippen molar-refractivity contribution in [2.24, 2.45) is 0 Å². The van der Waals surface area contributed by atoms with Gasteiger partial charge in [-0.1, -0.05) is 53.6 Å². The van der Waals surface area contributed by atoms with Gasteiger partial charge in [0.25, 0.3) is 0 Å². The van der Waals surface area contributed by atoms with Crippen LogP contribution in [0.3, 0.4) is 0 Å². The Balaban J connectivity index is 2.04. The molecule has 0 fully saturated rings. The molecule has 0 unspecified atom stereocenters. The number of hydrogen-bond donors (Lipinski definition) is 1. The molecule has 0 saturated heterocycles. The zero-order chi connectivity index (χ0) is 15.7. The van der Waals surface area contributed by atoms with Gasteiger partial charge < -0.3 is 9.73 Å². The summed E-state index contributed by atoms with van der Waals surface area (Å²) < 4.78 is 5.45. The second kappa shape index (κ2) is 6.08. The molecule has 0 aliphatic heterocycles. The van der Waals surface area contributed by atoms with Crippen LogP contribution in [0, 0.1) is 0 Å². The van der Waals surface area contributed by atoms with Crippen molar-refractivity contribution < 1.29 is 4.42 Å². The average Bonchev–Trinajstić information content (AvgIpc) is 2.50. The standard InChI is InChI=1S/C16H9Cl2NO2S/c17-12-6-10-14(7-13(12)18)21-8-11(15(10)20)16(22)19-9-4-2-1-3-5-9/h1-8H,(H,19,22). The fourth-order valence-electron chi connectivity index (χ4n) is 2.00. The van der Waals surface area contributed by atoms with Crippen LogP contribution in [0.1, 0.15) is 5.56 Å². The maximum Gasteiger partial charge on any atom is 0.202 e. The van der Waals surface area contributed by atoms with E-state index in [-0.39, 0.29) is 16.0 Å². The third-order valence-corrected chi connectivity index (χ3v) is 4.14. The molecule has 0 aliphatic carbocycles. The average molecular weight is 350 g/mol. The molecule has 0 aliphatic rings. The second-order valence-corrected chi connectivity index (χ2v) is 5.78. The molecule has 0 radical (unpaired) electrons. The third kappa shape index (κ3) is 2.86. The van der Waals surface area contributed by atoms with E-state index in [9.17, 15) is 4.79 Å². The molecule has 22 heavy (non-hydrogen) atoms. The Bertz CT molecular complexity index is 923. The van der Waals surface area contributed by atoms with Crippen LogP contribution in [-0.2, 0) is 0 Å². The highest BCUT2D eigenvalue weighted by atomic mass is 35.5. The van der Waals surface area contributed by atoms with Crippen molar-refractivity contribution >= 4 is 57.1 Å². The zero-order valence-electron chi connectivity index (χ0n) is 11.1. The summed E-state index contributed by atoms with van der Waals surface area (Å²) in [6, 6.07) is 12.3. The summed E-state index contributed by atoms with van der Waals surface area (Å²) in [6.07, 6.45) is 1.33. The number of para-hydroxylation sites is 1. The number of halogens is 2. The van der Waals surface area contributed by atoms with Crippen LogP contribution < -0.4 is 10.7 Å². The van der Waals surface area contributed by atoms with E-state index in [0.717, 1.165) is 5.69 Å². The Morgan fingerprint density at radius 2 is 1.77 bits per heavy atom. The normalized spacial score (nSPS) is 10.6. The van der Waals surface area contributed by atoms with E-state index in [1.165, 1.54) is 18.4 Å². The van der Waals surface area contributed by atoms with Crippen LogP contribution in [0.25, 0.3) is 11.0 Å². The van der Waals surface area contributed by atoms with E-state index in [1.54, 1.807) is 0 Å². The van der Waals surface area contributed by atoms with Crippen LogP contribution >= 0.6 is 35.4 Å². The van der Waals surface area contributed by atoms with Crippen molar-refractivity contribution in [2.75, 3.05) is 5.32 Å². The van der Waals surface area contributed by atoms with E-state index in [4.69, 9.17) is 39.8 Å². The van der Waals surface area contributed by atoms with Gasteiger partial charge in [0.15, 0.2) is 0 Å². The molecule has 1 N–H and O–H groups in total. The van der Waals surface area contributed by atoms with E-state index in [1.807, 2.05) is 30.3 Å². The summed E-state index contributed by atoms with van der Waals surface area (Å²) in [5.74, 6) is 0. The van der Waals surface area contributed by atoms with E-state index in [2.05, 4.69) is 5.32 Å². The van der Waals surface area contributed by atoms with Gasteiger partial charge in [-0.05, 0) is 18.2 Å². The maximum atomic E-state index is 12.5. The van der Waals surface area contributed by atoms with Crippen LogP contribution in [0.5, 0.6) is 0 Å². The molecular formula is C16H9Cl2NO2S. The fraction of sp³-hybridized carbons (Fsp3) is 0. The van der Waals surface area contributed by atoms with Crippen molar-refractivity contribution in [2.45, 2.75) is 0 Å². The number of benzene rings is 2. The summed E-state index contributed by atoms with van der Waals surface area (Å²) in [6.45, 7) is 0. The largest absolute Gasteiger partial charge is 0.463 e. The molecule has 6 heteroatoms. The number of rotatable bonds is 2. The number of fused-ring (bicyclic) bond motifs is 1. The zero-order valence-corrected chi connectivity index (χ0v) is 13.4. The monoisotopic (exact) mass is 349 g/mol. The van der Waals surface area contributed by atoms with E-state index >= 15 is 0 Å². The highest BCUT2D eigenvalue weighted by Gasteiger charge is 2.13.